The molecule has 2 heteroatoms. The van der Waals surface area contributed by atoms with E-state index in [1.807, 2.05) is 0 Å². The van der Waals surface area contributed by atoms with E-state index in [-0.39, 0.29) is 0 Å². The first-order chi connectivity index (χ1) is 8.61. The third-order valence-corrected chi connectivity index (χ3v) is 4.16. The summed E-state index contributed by atoms with van der Waals surface area (Å²) in [7, 11) is 0. The molecule has 2 heterocycles. The van der Waals surface area contributed by atoms with Gasteiger partial charge in [0.15, 0.2) is 0 Å². The molecule has 1 aliphatic rings. The average Bonchev–Trinajstić information content (AvgIpc) is 2.38. The number of aromatic nitrogens is 1. The van der Waals surface area contributed by atoms with Crippen molar-refractivity contribution in [3.63, 3.8) is 0 Å². The normalized spacial score (nSPS) is 17.5. The highest BCUT2D eigenvalue weighted by Crippen LogP contribution is 2.30. The van der Waals surface area contributed by atoms with Crippen LogP contribution in [0.2, 0.25) is 0 Å². The van der Waals surface area contributed by atoms with Gasteiger partial charge in [-0.05, 0) is 43.2 Å². The second-order valence-corrected chi connectivity index (χ2v) is 5.86. The Balaban J connectivity index is 2.20. The van der Waals surface area contributed by atoms with Crippen molar-refractivity contribution >= 4 is 5.82 Å². The number of piperidine rings is 1. The van der Waals surface area contributed by atoms with Gasteiger partial charge in [-0.3, -0.25) is 0 Å². The molecule has 0 saturated carbocycles. The van der Waals surface area contributed by atoms with Gasteiger partial charge in [-0.2, -0.15) is 0 Å². The topological polar surface area (TPSA) is 16.1 Å². The number of anilines is 1. The van der Waals surface area contributed by atoms with Gasteiger partial charge < -0.3 is 4.90 Å². The van der Waals surface area contributed by atoms with Crippen molar-refractivity contribution in [2.45, 2.75) is 52.9 Å². The van der Waals surface area contributed by atoms with Crippen LogP contribution in [0.15, 0.2) is 12.1 Å². The summed E-state index contributed by atoms with van der Waals surface area (Å²) in [6.07, 6.45) is 3.97. The molecule has 1 fully saturated rings. The third kappa shape index (κ3) is 2.85. The van der Waals surface area contributed by atoms with Gasteiger partial charge in [0.2, 0.25) is 0 Å². The SMILES string of the molecule is CCC1CCN(c2nc(C)ccc2C(C)C)CC1. The lowest BCUT2D eigenvalue weighted by atomic mass is 9.93. The summed E-state index contributed by atoms with van der Waals surface area (Å²) in [6.45, 7) is 11.3. The van der Waals surface area contributed by atoms with Crippen LogP contribution in [0, 0.1) is 12.8 Å². The van der Waals surface area contributed by atoms with Gasteiger partial charge in [0.1, 0.15) is 5.82 Å². The molecule has 1 aromatic heterocycles. The molecule has 0 atom stereocenters. The van der Waals surface area contributed by atoms with Gasteiger partial charge in [0, 0.05) is 18.8 Å². The fraction of sp³-hybridized carbons (Fsp3) is 0.688. The molecule has 1 aromatic rings. The van der Waals surface area contributed by atoms with E-state index in [9.17, 15) is 0 Å². The zero-order valence-electron chi connectivity index (χ0n) is 12.2. The van der Waals surface area contributed by atoms with Gasteiger partial charge in [-0.15, -0.1) is 0 Å². The van der Waals surface area contributed by atoms with Crippen LogP contribution in [-0.4, -0.2) is 18.1 Å². The number of aryl methyl sites for hydroxylation is 1. The maximum Gasteiger partial charge on any atom is 0.132 e. The van der Waals surface area contributed by atoms with E-state index in [4.69, 9.17) is 4.98 Å². The number of pyridine rings is 1. The van der Waals surface area contributed by atoms with Gasteiger partial charge >= 0.3 is 0 Å². The molecule has 0 bridgehead atoms. The smallest absolute Gasteiger partial charge is 0.132 e. The zero-order chi connectivity index (χ0) is 13.1. The predicted octanol–water partition coefficient (Wildman–Crippen LogP) is 4.14. The van der Waals surface area contributed by atoms with E-state index in [1.165, 1.54) is 43.7 Å². The number of hydrogen-bond acceptors (Lipinski definition) is 2. The van der Waals surface area contributed by atoms with Crippen molar-refractivity contribution in [3.8, 4) is 0 Å². The average molecular weight is 246 g/mol. The van der Waals surface area contributed by atoms with Crippen molar-refractivity contribution < 1.29 is 0 Å². The lowest BCUT2D eigenvalue weighted by Crippen LogP contribution is -2.35. The Kier molecular flexibility index (Phi) is 4.26. The second kappa shape index (κ2) is 5.73. The van der Waals surface area contributed by atoms with E-state index in [0.717, 1.165) is 11.6 Å². The third-order valence-electron chi connectivity index (χ3n) is 4.16. The second-order valence-electron chi connectivity index (χ2n) is 5.86. The Morgan fingerprint density at radius 3 is 2.50 bits per heavy atom. The van der Waals surface area contributed by atoms with Crippen LogP contribution in [-0.2, 0) is 0 Å². The van der Waals surface area contributed by atoms with Crippen LogP contribution in [0.4, 0.5) is 5.82 Å². The van der Waals surface area contributed by atoms with Crippen LogP contribution < -0.4 is 4.90 Å². The predicted molar refractivity (Wildman–Crippen MR) is 78.3 cm³/mol. The standard InChI is InChI=1S/C16H26N2/c1-5-14-8-10-18(11-9-14)16-15(12(2)3)7-6-13(4)17-16/h6-7,12,14H,5,8-11H2,1-4H3. The first-order valence-corrected chi connectivity index (χ1v) is 7.34. The number of nitrogens with zero attached hydrogens (tertiary/aromatic N) is 2. The summed E-state index contributed by atoms with van der Waals surface area (Å²) >= 11 is 0. The Hall–Kier alpha value is -1.05. The molecule has 0 aromatic carbocycles. The van der Waals surface area contributed by atoms with Crippen molar-refractivity contribution in [2.24, 2.45) is 5.92 Å². The fourth-order valence-electron chi connectivity index (χ4n) is 2.81. The van der Waals surface area contributed by atoms with Gasteiger partial charge in [0.05, 0.1) is 0 Å². The molecule has 0 aliphatic carbocycles. The highest BCUT2D eigenvalue weighted by Gasteiger charge is 2.21. The van der Waals surface area contributed by atoms with Crippen LogP contribution in [0.3, 0.4) is 0 Å². The summed E-state index contributed by atoms with van der Waals surface area (Å²) in [5.74, 6) is 2.71. The molecular weight excluding hydrogens is 220 g/mol. The maximum absolute atomic E-state index is 4.79. The molecule has 1 aliphatic heterocycles. The maximum atomic E-state index is 4.79. The minimum Gasteiger partial charge on any atom is -0.356 e. The molecule has 1 saturated heterocycles. The Bertz CT molecular complexity index is 390. The lowest BCUT2D eigenvalue weighted by Gasteiger charge is -2.34. The van der Waals surface area contributed by atoms with Crippen LogP contribution in [0.25, 0.3) is 0 Å². The molecule has 2 rings (SSSR count). The summed E-state index contributed by atoms with van der Waals surface area (Å²) < 4.78 is 0. The van der Waals surface area contributed by atoms with Crippen molar-refractivity contribution in [3.05, 3.63) is 23.4 Å². The molecule has 0 unspecified atom stereocenters. The first kappa shape index (κ1) is 13.4. The van der Waals surface area contributed by atoms with Gasteiger partial charge in [0.25, 0.3) is 0 Å². The van der Waals surface area contributed by atoms with Gasteiger partial charge in [-0.25, -0.2) is 4.98 Å². The number of hydrogen-bond donors (Lipinski definition) is 0. The number of rotatable bonds is 3. The van der Waals surface area contributed by atoms with Crippen LogP contribution in [0.1, 0.15) is 57.2 Å². The lowest BCUT2D eigenvalue weighted by molar-refractivity contribution is 0.393. The quantitative estimate of drug-likeness (QED) is 0.797. The molecule has 0 N–H and O–H groups in total. The molecule has 0 spiro atoms. The molecule has 0 amide bonds. The molecular formula is C16H26N2. The first-order valence-electron chi connectivity index (χ1n) is 7.34. The Labute approximate surface area is 111 Å². The highest BCUT2D eigenvalue weighted by atomic mass is 15.2. The van der Waals surface area contributed by atoms with Crippen molar-refractivity contribution in [1.29, 1.82) is 0 Å². The zero-order valence-corrected chi connectivity index (χ0v) is 12.2. The monoisotopic (exact) mass is 246 g/mol. The largest absolute Gasteiger partial charge is 0.356 e. The van der Waals surface area contributed by atoms with Crippen molar-refractivity contribution in [2.75, 3.05) is 18.0 Å². The van der Waals surface area contributed by atoms with Crippen molar-refractivity contribution in [1.82, 2.24) is 4.98 Å². The summed E-state index contributed by atoms with van der Waals surface area (Å²) in [5.41, 5.74) is 2.53. The van der Waals surface area contributed by atoms with Crippen LogP contribution in [0.5, 0.6) is 0 Å². The summed E-state index contributed by atoms with van der Waals surface area (Å²) in [4.78, 5) is 7.29. The minimum absolute atomic E-state index is 0.553. The van der Waals surface area contributed by atoms with Crippen LogP contribution >= 0.6 is 0 Å². The summed E-state index contributed by atoms with van der Waals surface area (Å²) in [5, 5.41) is 0. The Morgan fingerprint density at radius 1 is 1.28 bits per heavy atom. The minimum atomic E-state index is 0.553. The van der Waals surface area contributed by atoms with Gasteiger partial charge in [-0.1, -0.05) is 33.3 Å². The Morgan fingerprint density at radius 2 is 1.94 bits per heavy atom. The summed E-state index contributed by atoms with van der Waals surface area (Å²) in [6, 6.07) is 4.39. The fourth-order valence-corrected chi connectivity index (χ4v) is 2.81. The van der Waals surface area contributed by atoms with E-state index in [0.29, 0.717) is 5.92 Å². The molecule has 0 radical (unpaired) electrons. The molecule has 100 valence electrons. The van der Waals surface area contributed by atoms with E-state index in [1.54, 1.807) is 0 Å². The van der Waals surface area contributed by atoms with E-state index in [2.05, 4.69) is 44.7 Å². The highest BCUT2D eigenvalue weighted by molar-refractivity contribution is 5.49. The molecule has 18 heavy (non-hydrogen) atoms. The molecule has 2 nitrogen and oxygen atoms in total. The van der Waals surface area contributed by atoms with E-state index < -0.39 is 0 Å². The van der Waals surface area contributed by atoms with E-state index >= 15 is 0 Å².